The van der Waals surface area contributed by atoms with E-state index in [1.54, 1.807) is 67.8 Å². The number of aliphatic hydroxyl groups excluding tert-OH is 4. The van der Waals surface area contributed by atoms with Crippen LogP contribution in [0.25, 0.3) is 0 Å². The van der Waals surface area contributed by atoms with E-state index in [1.165, 1.54) is 129 Å². The first-order chi connectivity index (χ1) is 63.2. The number of carbonyl (C=O) groups excluding carboxylic acids is 1. The van der Waals surface area contributed by atoms with Gasteiger partial charge in [-0.05, 0) is 70.8 Å². The van der Waals surface area contributed by atoms with Crippen molar-refractivity contribution in [1.82, 2.24) is 0 Å². The van der Waals surface area contributed by atoms with Crippen molar-refractivity contribution in [2.75, 3.05) is 195 Å². The van der Waals surface area contributed by atoms with Gasteiger partial charge in [-0.3, -0.25) is 0 Å². The number of methoxy groups -OCH3 is 14. The fourth-order valence-electron chi connectivity index (χ4n) is 11.6. The van der Waals surface area contributed by atoms with Gasteiger partial charge < -0.3 is 209 Å². The first-order valence-corrected chi connectivity index (χ1v) is 39.0. The molecule has 0 saturated heterocycles. The van der Waals surface area contributed by atoms with E-state index in [0.717, 1.165) is 24.3 Å². The van der Waals surface area contributed by atoms with Crippen molar-refractivity contribution in [1.29, 1.82) is 0 Å². The molecule has 0 saturated carbocycles. The molecule has 0 radical (unpaired) electrons. The average molecular weight is 1870 g/mol. The number of aromatic hydroxyl groups is 9. The van der Waals surface area contributed by atoms with Crippen LogP contribution in [-0.4, -0.2) is 292 Å². The molecular weight excluding hydrogens is 1750 g/mol. The second kappa shape index (κ2) is 63.3. The van der Waals surface area contributed by atoms with Crippen LogP contribution in [0.15, 0.2) is 121 Å². The first kappa shape index (κ1) is 113. The number of aldehydes is 1. The van der Waals surface area contributed by atoms with Crippen LogP contribution in [0.4, 0.5) is 0 Å². The summed E-state index contributed by atoms with van der Waals surface area (Å²) in [6.07, 6.45) is -9.20. The number of rotatable bonds is 54. The molecule has 8 aromatic rings. The second-order valence-corrected chi connectivity index (χ2v) is 26.9. The molecular formula is C88H117LiO43. The number of fused-ring (bicyclic) bond motifs is 1. The molecule has 44 heteroatoms. The molecule has 1 aliphatic rings. The third-order valence-corrected chi connectivity index (χ3v) is 17.5. The van der Waals surface area contributed by atoms with Crippen LogP contribution < -0.4 is 71.0 Å². The van der Waals surface area contributed by atoms with Gasteiger partial charge in [0.1, 0.15) is 122 Å². The van der Waals surface area contributed by atoms with Crippen LogP contribution in [0, 0.1) is 6.07 Å². The molecule has 13 N–H and O–H groups in total. The van der Waals surface area contributed by atoms with Gasteiger partial charge in [0.05, 0.1) is 17.8 Å². The third-order valence-electron chi connectivity index (χ3n) is 17.5. The van der Waals surface area contributed by atoms with Gasteiger partial charge in [-0.1, -0.05) is 42.5 Å². The predicted molar refractivity (Wildman–Crippen MR) is 454 cm³/mol. The zero-order chi connectivity index (χ0) is 96.2. The summed E-state index contributed by atoms with van der Waals surface area (Å²) >= 11 is 0. The summed E-state index contributed by atoms with van der Waals surface area (Å²) in [6.45, 7) is -0.379. The monoisotopic (exact) mass is 1870 g/mol. The summed E-state index contributed by atoms with van der Waals surface area (Å²) in [5.41, 5.74) is 2.38. The van der Waals surface area contributed by atoms with Crippen molar-refractivity contribution in [2.45, 2.75) is 67.8 Å². The minimum Gasteiger partial charge on any atom is -0.508 e. The SMILES string of the molecule is COCOc1[c-]c(OCOC)cc(OCOC)c1.COCOc1cc(OCOC)c(C(O)[C@H](OCOC)[C@@H](OCOC)c2ccc(OCOC)c(OCOC)c2)c(OCOC)c1.COCOc1ccc([C@H](OCOC)[C@H](C=O)OCOC)cc1OCOC.Oc1cc(O)c(C[C@H](O)[C@@H](O)c2ccc(O)c(O)c2)c(O)c1.Oc1cc(O)c2c(c1)O[C@H](c1ccc(O)c(O)c1)[C@@H](O)C2.[Li+]. The Labute approximate surface area is 774 Å². The van der Waals surface area contributed by atoms with Gasteiger partial charge in [-0.25, -0.2) is 0 Å². The van der Waals surface area contributed by atoms with Gasteiger partial charge >= 0.3 is 18.9 Å². The minimum absolute atomic E-state index is 0. The average Bonchev–Trinajstić information content (AvgIpc) is 0.787. The maximum atomic E-state index is 12.0. The summed E-state index contributed by atoms with van der Waals surface area (Å²) in [6, 6.07) is 31.8. The minimum atomic E-state index is -1.45. The normalized spacial score (nSPS) is 14.0. The number of aliphatic hydroxyl groups is 4. The Bertz CT molecular complexity index is 4450. The van der Waals surface area contributed by atoms with E-state index < -0.39 is 72.2 Å². The Balaban J connectivity index is 0.000000359. The topological polar surface area (TPSA) is 548 Å². The largest absolute Gasteiger partial charge is 1.00 e. The van der Waals surface area contributed by atoms with Gasteiger partial charge in [-0.15, -0.1) is 0 Å². The first-order valence-electron chi connectivity index (χ1n) is 39.0. The van der Waals surface area contributed by atoms with Gasteiger partial charge in [-0.2, -0.15) is 0 Å². The molecule has 9 atom stereocenters. The second-order valence-electron chi connectivity index (χ2n) is 26.9. The number of hydrogen-bond acceptors (Lipinski definition) is 43. The van der Waals surface area contributed by atoms with Crippen LogP contribution in [0.5, 0.6) is 115 Å². The van der Waals surface area contributed by atoms with Crippen LogP contribution in [0.2, 0.25) is 0 Å². The van der Waals surface area contributed by atoms with E-state index in [1.807, 2.05) is 0 Å². The number of hydrogen-bond donors (Lipinski definition) is 13. The van der Waals surface area contributed by atoms with Crippen molar-refractivity contribution in [2.24, 2.45) is 0 Å². The van der Waals surface area contributed by atoms with E-state index in [4.69, 9.17) is 137 Å². The van der Waals surface area contributed by atoms with Crippen LogP contribution in [0.1, 0.15) is 69.5 Å². The molecule has 0 amide bonds. The smallest absolute Gasteiger partial charge is 0.508 e. The van der Waals surface area contributed by atoms with Crippen molar-refractivity contribution < 1.29 is 227 Å². The molecule has 0 aliphatic carbocycles. The fraction of sp³-hybridized carbons (Fsp3) is 0.443. The summed E-state index contributed by atoms with van der Waals surface area (Å²) in [7, 11) is 20.9. The molecule has 0 bridgehead atoms. The Morgan fingerprint density at radius 1 is 0.364 bits per heavy atom. The third kappa shape index (κ3) is 37.3. The molecule has 9 rings (SSSR count). The van der Waals surface area contributed by atoms with Crippen LogP contribution in [-0.2, 0) is 103 Å². The summed E-state index contributed by atoms with van der Waals surface area (Å²) in [5.74, 6) is 1.19. The van der Waals surface area contributed by atoms with E-state index in [-0.39, 0.29) is 195 Å². The Kier molecular flexibility index (Phi) is 54.4. The number of benzene rings is 8. The van der Waals surface area contributed by atoms with Gasteiger partial charge in [0.2, 0.25) is 0 Å². The van der Waals surface area contributed by atoms with E-state index in [0.29, 0.717) is 74.5 Å². The molecule has 132 heavy (non-hydrogen) atoms. The summed E-state index contributed by atoms with van der Waals surface area (Å²) < 4.78 is 154. The zero-order valence-electron chi connectivity index (χ0n) is 75.7. The summed E-state index contributed by atoms with van der Waals surface area (Å²) in [5, 5.41) is 128. The van der Waals surface area contributed by atoms with Gasteiger partial charge in [0, 0.05) is 177 Å². The zero-order valence-corrected chi connectivity index (χ0v) is 75.7. The van der Waals surface area contributed by atoms with Crippen LogP contribution >= 0.6 is 0 Å². The molecule has 0 fully saturated rings. The molecule has 1 unspecified atom stereocenters. The number of ether oxygens (including phenoxy) is 29. The van der Waals surface area contributed by atoms with Crippen molar-refractivity contribution in [3.05, 3.63) is 166 Å². The number of phenols is 9. The number of carbonyl (C=O) groups is 1. The molecule has 1 aliphatic heterocycles. The van der Waals surface area contributed by atoms with E-state index in [2.05, 4.69) is 6.07 Å². The van der Waals surface area contributed by atoms with E-state index >= 15 is 0 Å². The van der Waals surface area contributed by atoms with Crippen molar-refractivity contribution in [3.8, 4) is 115 Å². The molecule has 728 valence electrons. The van der Waals surface area contributed by atoms with Gasteiger partial charge in [0.25, 0.3) is 0 Å². The molecule has 0 aromatic heterocycles. The standard InChI is InChI=1S/C29H44O15.C17H26O9.C15H16O7.C15H14O6.C12H17O6.Li/c1-31-13-38-21-11-24(41-16-34-4)26(25(12-21)42-17-35-5)27(30)29(44-19-37-7)28(43-18-36-6)20-8-9-22(39-14-32-2)23(10-20)40-15-33-3;1-19-9-23-14-6-5-13(7-15(14)24-10-20-2)17(26-12-22-4)16(8-18)25-11-21-3;16-8-4-11(18)9(12(19)5-8)6-14(21)15(22)7-1-2-10(17)13(20)3-7;16-8-4-11(18)9-6-13(20)15(21-14(9)5-8)7-1-2-10(17)12(19)3-7;1-13-7-16-10-4-11(17-8-14-2)6-12(5-10)18-9-15-3;/h8-12,27-30H,13-19H2,1-7H3;5-8,16-17H,9-12H2,1-4H3;1-5,14-22H,6H2;1-5,13,15-20H,6H2;4-5H,7-9H2,1-3H3;/q;;;;-1;+1/t27?,28-,29-;16-,17-;14-,15-;13-,15+;;/m0000../s1. The van der Waals surface area contributed by atoms with Crippen molar-refractivity contribution in [3.63, 3.8) is 0 Å². The van der Waals surface area contributed by atoms with Crippen LogP contribution in [0.3, 0.4) is 0 Å². The number of phenolic OH excluding ortho intramolecular Hbond substituents is 9. The molecule has 1 heterocycles. The Morgan fingerprint density at radius 2 is 0.750 bits per heavy atom. The molecule has 43 nitrogen and oxygen atoms in total. The Morgan fingerprint density at radius 3 is 1.21 bits per heavy atom. The maximum absolute atomic E-state index is 12.0. The predicted octanol–water partition coefficient (Wildman–Crippen LogP) is 5.32. The van der Waals surface area contributed by atoms with Crippen molar-refractivity contribution >= 4 is 6.29 Å². The maximum Gasteiger partial charge on any atom is 1.00 e. The molecule has 8 aromatic carbocycles. The molecule has 0 spiro atoms. The van der Waals surface area contributed by atoms with Gasteiger partial charge in [0.15, 0.2) is 120 Å². The Hall–Kier alpha value is -10.9. The fourth-order valence-corrected chi connectivity index (χ4v) is 11.6. The quantitative estimate of drug-likeness (QED) is 0.00753. The summed E-state index contributed by atoms with van der Waals surface area (Å²) in [4.78, 5) is 11.5. The van der Waals surface area contributed by atoms with E-state index in [9.17, 15) is 71.2 Å².